The van der Waals surface area contributed by atoms with Gasteiger partial charge in [-0.2, -0.15) is 4.98 Å². The highest BCUT2D eigenvalue weighted by Crippen LogP contribution is 2.29. The zero-order valence-corrected chi connectivity index (χ0v) is 12.8. The van der Waals surface area contributed by atoms with E-state index in [4.69, 9.17) is 9.72 Å². The van der Waals surface area contributed by atoms with E-state index in [0.29, 0.717) is 5.88 Å². The number of ether oxygens (including phenoxy) is 1. The van der Waals surface area contributed by atoms with Gasteiger partial charge in [0.1, 0.15) is 5.75 Å². The number of fused-ring (bicyclic) bond motifs is 1. The molecule has 0 radical (unpaired) electrons. The average Bonchev–Trinajstić information content (AvgIpc) is 2.63. The summed E-state index contributed by atoms with van der Waals surface area (Å²) >= 11 is 0. The van der Waals surface area contributed by atoms with Crippen LogP contribution in [0.1, 0.15) is 0 Å². The van der Waals surface area contributed by atoms with E-state index in [1.165, 1.54) is 0 Å². The predicted molar refractivity (Wildman–Crippen MR) is 91.1 cm³/mol. The summed E-state index contributed by atoms with van der Waals surface area (Å²) in [5.74, 6) is 2.12. The third kappa shape index (κ3) is 2.96. The zero-order valence-electron chi connectivity index (χ0n) is 12.8. The Labute approximate surface area is 134 Å². The molecule has 2 heterocycles. The van der Waals surface area contributed by atoms with E-state index < -0.39 is 0 Å². The number of benzene rings is 2. The molecule has 2 aromatic carbocycles. The summed E-state index contributed by atoms with van der Waals surface area (Å²) in [6, 6.07) is 17.7. The van der Waals surface area contributed by atoms with Crippen molar-refractivity contribution in [2.24, 2.45) is 0 Å². The Hall–Kier alpha value is -2.66. The van der Waals surface area contributed by atoms with Gasteiger partial charge in [-0.05, 0) is 24.3 Å². The molecule has 1 aromatic heterocycles. The van der Waals surface area contributed by atoms with Crippen LogP contribution in [0.15, 0.2) is 54.6 Å². The van der Waals surface area contributed by atoms with Crippen LogP contribution in [0.25, 0.3) is 10.9 Å². The third-order valence-electron chi connectivity index (χ3n) is 3.91. The molecule has 0 aliphatic carbocycles. The lowest BCUT2D eigenvalue weighted by molar-refractivity contribution is 0.466. The zero-order chi connectivity index (χ0) is 15.5. The van der Waals surface area contributed by atoms with Crippen LogP contribution < -0.4 is 15.0 Å². The molecule has 4 rings (SSSR count). The average molecular weight is 306 g/mol. The van der Waals surface area contributed by atoms with Crippen molar-refractivity contribution in [3.63, 3.8) is 0 Å². The van der Waals surface area contributed by atoms with Crippen LogP contribution >= 0.6 is 0 Å². The Bertz CT molecular complexity index is 800. The monoisotopic (exact) mass is 306 g/mol. The van der Waals surface area contributed by atoms with Gasteiger partial charge in [0.25, 0.3) is 0 Å². The number of aromatic nitrogens is 2. The quantitative estimate of drug-likeness (QED) is 0.806. The summed E-state index contributed by atoms with van der Waals surface area (Å²) < 4.78 is 6.03. The van der Waals surface area contributed by atoms with Crippen molar-refractivity contribution >= 4 is 16.9 Å². The van der Waals surface area contributed by atoms with Crippen molar-refractivity contribution in [1.29, 1.82) is 0 Å². The van der Waals surface area contributed by atoms with E-state index in [9.17, 15) is 0 Å². The van der Waals surface area contributed by atoms with Gasteiger partial charge < -0.3 is 15.0 Å². The van der Waals surface area contributed by atoms with Crippen molar-refractivity contribution in [2.75, 3.05) is 31.1 Å². The number of nitrogens with zero attached hydrogens (tertiary/aromatic N) is 3. The lowest BCUT2D eigenvalue weighted by Gasteiger charge is -2.27. The SMILES string of the molecule is c1ccc(Oc2nc(N3CCNCC3)nc3ccccc23)cc1. The standard InChI is InChI=1S/C18H18N4O/c1-2-6-14(7-3-1)23-17-15-8-4-5-9-16(15)20-18(21-17)22-12-10-19-11-13-22/h1-9,19H,10-13H2. The smallest absolute Gasteiger partial charge is 0.231 e. The van der Waals surface area contributed by atoms with Crippen LogP contribution in [0.5, 0.6) is 11.6 Å². The Morgan fingerprint density at radius 2 is 1.61 bits per heavy atom. The molecule has 0 unspecified atom stereocenters. The second-order valence-electron chi connectivity index (χ2n) is 5.50. The van der Waals surface area contributed by atoms with Crippen molar-refractivity contribution in [2.45, 2.75) is 0 Å². The Morgan fingerprint density at radius 1 is 0.870 bits per heavy atom. The maximum atomic E-state index is 6.03. The van der Waals surface area contributed by atoms with Crippen molar-refractivity contribution in [3.8, 4) is 11.6 Å². The topological polar surface area (TPSA) is 50.3 Å². The molecule has 23 heavy (non-hydrogen) atoms. The van der Waals surface area contributed by atoms with Crippen LogP contribution in [-0.2, 0) is 0 Å². The molecule has 0 spiro atoms. The molecule has 116 valence electrons. The molecule has 1 aliphatic heterocycles. The Balaban J connectivity index is 1.77. The van der Waals surface area contributed by atoms with Crippen LogP contribution in [-0.4, -0.2) is 36.1 Å². The first-order chi connectivity index (χ1) is 11.4. The Kier molecular flexibility index (Phi) is 3.78. The molecule has 0 bridgehead atoms. The minimum atomic E-state index is 0.607. The summed E-state index contributed by atoms with van der Waals surface area (Å²) in [7, 11) is 0. The number of hydrogen-bond acceptors (Lipinski definition) is 5. The van der Waals surface area contributed by atoms with E-state index in [-0.39, 0.29) is 0 Å². The Morgan fingerprint density at radius 3 is 2.43 bits per heavy atom. The fourth-order valence-corrected chi connectivity index (χ4v) is 2.72. The molecule has 5 nitrogen and oxygen atoms in total. The maximum absolute atomic E-state index is 6.03. The maximum Gasteiger partial charge on any atom is 0.231 e. The number of nitrogens with one attached hydrogen (secondary N) is 1. The van der Waals surface area contributed by atoms with E-state index in [1.807, 2.05) is 54.6 Å². The normalized spacial score (nSPS) is 14.9. The van der Waals surface area contributed by atoms with Crippen LogP contribution in [0.4, 0.5) is 5.95 Å². The van der Waals surface area contributed by atoms with Gasteiger partial charge in [-0.25, -0.2) is 4.98 Å². The van der Waals surface area contributed by atoms with Gasteiger partial charge in [-0.15, -0.1) is 0 Å². The van der Waals surface area contributed by atoms with E-state index in [0.717, 1.165) is 48.8 Å². The van der Waals surface area contributed by atoms with Gasteiger partial charge in [-0.3, -0.25) is 0 Å². The third-order valence-corrected chi connectivity index (χ3v) is 3.91. The highest BCUT2D eigenvalue weighted by atomic mass is 16.5. The van der Waals surface area contributed by atoms with Gasteiger partial charge >= 0.3 is 0 Å². The molecule has 1 saturated heterocycles. The second-order valence-corrected chi connectivity index (χ2v) is 5.50. The number of anilines is 1. The highest BCUT2D eigenvalue weighted by Gasteiger charge is 2.16. The number of piperazine rings is 1. The van der Waals surface area contributed by atoms with E-state index >= 15 is 0 Å². The molecular formula is C18H18N4O. The first kappa shape index (κ1) is 14.0. The number of para-hydroxylation sites is 2. The first-order valence-electron chi connectivity index (χ1n) is 7.85. The summed E-state index contributed by atoms with van der Waals surface area (Å²) in [6.07, 6.45) is 0. The van der Waals surface area contributed by atoms with Gasteiger partial charge in [0.15, 0.2) is 0 Å². The molecule has 0 saturated carbocycles. The van der Waals surface area contributed by atoms with Gasteiger partial charge in [-0.1, -0.05) is 30.3 Å². The molecular weight excluding hydrogens is 288 g/mol. The molecule has 5 heteroatoms. The summed E-state index contributed by atoms with van der Waals surface area (Å²) in [6.45, 7) is 3.71. The minimum absolute atomic E-state index is 0.607. The number of hydrogen-bond donors (Lipinski definition) is 1. The minimum Gasteiger partial charge on any atom is -0.438 e. The lowest BCUT2D eigenvalue weighted by Crippen LogP contribution is -2.44. The number of rotatable bonds is 3. The van der Waals surface area contributed by atoms with Gasteiger partial charge in [0, 0.05) is 26.2 Å². The molecule has 1 fully saturated rings. The summed E-state index contributed by atoms with van der Waals surface area (Å²) in [5, 5.41) is 4.27. The lowest BCUT2D eigenvalue weighted by atomic mass is 10.2. The van der Waals surface area contributed by atoms with Gasteiger partial charge in [0.2, 0.25) is 11.8 Å². The molecule has 0 atom stereocenters. The fourth-order valence-electron chi connectivity index (χ4n) is 2.72. The van der Waals surface area contributed by atoms with E-state index in [1.54, 1.807) is 0 Å². The highest BCUT2D eigenvalue weighted by molar-refractivity contribution is 5.84. The molecule has 1 N–H and O–H groups in total. The van der Waals surface area contributed by atoms with Crippen molar-refractivity contribution in [3.05, 3.63) is 54.6 Å². The second kappa shape index (κ2) is 6.22. The molecule has 0 amide bonds. The summed E-state index contributed by atoms with van der Waals surface area (Å²) in [5.41, 5.74) is 0.905. The van der Waals surface area contributed by atoms with Crippen molar-refractivity contribution < 1.29 is 4.74 Å². The van der Waals surface area contributed by atoms with E-state index in [2.05, 4.69) is 15.2 Å². The molecule has 3 aromatic rings. The van der Waals surface area contributed by atoms with Crippen molar-refractivity contribution in [1.82, 2.24) is 15.3 Å². The molecule has 1 aliphatic rings. The first-order valence-corrected chi connectivity index (χ1v) is 7.85. The predicted octanol–water partition coefficient (Wildman–Crippen LogP) is 2.83. The largest absolute Gasteiger partial charge is 0.438 e. The van der Waals surface area contributed by atoms with Gasteiger partial charge in [0.05, 0.1) is 10.9 Å². The fraction of sp³-hybridized carbons (Fsp3) is 0.222. The van der Waals surface area contributed by atoms with Crippen LogP contribution in [0, 0.1) is 0 Å². The van der Waals surface area contributed by atoms with Crippen LogP contribution in [0.2, 0.25) is 0 Å². The van der Waals surface area contributed by atoms with Crippen LogP contribution in [0.3, 0.4) is 0 Å². The summed E-state index contributed by atoms with van der Waals surface area (Å²) in [4.78, 5) is 11.6.